The number of benzene rings is 1. The molecule has 150 valence electrons. The molecule has 0 spiro atoms. The standard InChI is InChI=1S/C22H33NO4/c1-16-9-7-8-10-17(16)18(19(24)26-6)15-22(5)11-13-23(14-12-22)20(25)27-21(2,3)4/h7-10,18H,11-15H2,1-6H3/t18-/m1/s1. The van der Waals surface area contributed by atoms with Gasteiger partial charge in [0, 0.05) is 13.1 Å². The Bertz CT molecular complexity index is 669. The second kappa shape index (κ2) is 8.32. The van der Waals surface area contributed by atoms with Gasteiger partial charge in [-0.1, -0.05) is 31.2 Å². The molecule has 0 saturated carbocycles. The molecule has 1 saturated heterocycles. The van der Waals surface area contributed by atoms with E-state index in [0.29, 0.717) is 19.5 Å². The summed E-state index contributed by atoms with van der Waals surface area (Å²) in [5.74, 6) is -0.477. The normalized spacial score (nSPS) is 17.9. The Morgan fingerprint density at radius 2 is 1.78 bits per heavy atom. The molecule has 1 aliphatic heterocycles. The van der Waals surface area contributed by atoms with Gasteiger partial charge in [0.15, 0.2) is 0 Å². The third-order valence-electron chi connectivity index (χ3n) is 5.37. The summed E-state index contributed by atoms with van der Waals surface area (Å²) < 4.78 is 10.6. The van der Waals surface area contributed by atoms with Crippen LogP contribution in [0.25, 0.3) is 0 Å². The van der Waals surface area contributed by atoms with Gasteiger partial charge in [0.05, 0.1) is 13.0 Å². The summed E-state index contributed by atoms with van der Waals surface area (Å²) in [6, 6.07) is 7.98. The van der Waals surface area contributed by atoms with Crippen LogP contribution >= 0.6 is 0 Å². The van der Waals surface area contributed by atoms with E-state index in [4.69, 9.17) is 9.47 Å². The average Bonchev–Trinajstić information content (AvgIpc) is 2.59. The van der Waals surface area contributed by atoms with Gasteiger partial charge in [0.1, 0.15) is 5.60 Å². The number of likely N-dealkylation sites (tertiary alicyclic amines) is 1. The molecule has 0 N–H and O–H groups in total. The van der Waals surface area contributed by atoms with Crippen LogP contribution in [0.15, 0.2) is 24.3 Å². The molecule has 27 heavy (non-hydrogen) atoms. The third-order valence-corrected chi connectivity index (χ3v) is 5.37. The molecule has 1 amide bonds. The van der Waals surface area contributed by atoms with Crippen molar-refractivity contribution in [2.75, 3.05) is 20.2 Å². The first-order valence-corrected chi connectivity index (χ1v) is 9.66. The van der Waals surface area contributed by atoms with Gasteiger partial charge in [0.25, 0.3) is 0 Å². The number of amides is 1. The molecular weight excluding hydrogens is 342 g/mol. The van der Waals surface area contributed by atoms with Crippen molar-refractivity contribution < 1.29 is 19.1 Å². The Morgan fingerprint density at radius 1 is 1.19 bits per heavy atom. The topological polar surface area (TPSA) is 55.8 Å². The van der Waals surface area contributed by atoms with Crippen LogP contribution in [0.1, 0.15) is 64.0 Å². The van der Waals surface area contributed by atoms with Crippen molar-refractivity contribution in [1.29, 1.82) is 0 Å². The highest BCUT2D eigenvalue weighted by atomic mass is 16.6. The summed E-state index contributed by atoms with van der Waals surface area (Å²) in [6.07, 6.45) is 2.14. The average molecular weight is 376 g/mol. The maximum Gasteiger partial charge on any atom is 0.410 e. The van der Waals surface area contributed by atoms with E-state index in [0.717, 1.165) is 24.0 Å². The van der Waals surface area contributed by atoms with E-state index in [-0.39, 0.29) is 23.4 Å². The number of aryl methyl sites for hydroxylation is 1. The van der Waals surface area contributed by atoms with E-state index >= 15 is 0 Å². The van der Waals surface area contributed by atoms with Crippen molar-refractivity contribution in [1.82, 2.24) is 4.90 Å². The Morgan fingerprint density at radius 3 is 2.30 bits per heavy atom. The monoisotopic (exact) mass is 375 g/mol. The van der Waals surface area contributed by atoms with Gasteiger partial charge in [-0.2, -0.15) is 0 Å². The largest absolute Gasteiger partial charge is 0.469 e. The summed E-state index contributed by atoms with van der Waals surface area (Å²) in [4.78, 5) is 26.6. The molecule has 0 unspecified atom stereocenters. The number of nitrogens with zero attached hydrogens (tertiary/aromatic N) is 1. The van der Waals surface area contributed by atoms with Crippen molar-refractivity contribution in [2.24, 2.45) is 5.41 Å². The zero-order chi connectivity index (χ0) is 20.2. The molecule has 1 aromatic rings. The van der Waals surface area contributed by atoms with Gasteiger partial charge in [0.2, 0.25) is 0 Å². The van der Waals surface area contributed by atoms with E-state index in [1.165, 1.54) is 7.11 Å². The lowest BCUT2D eigenvalue weighted by Gasteiger charge is -2.41. The lowest BCUT2D eigenvalue weighted by molar-refractivity contribution is -0.143. The molecule has 1 aliphatic rings. The van der Waals surface area contributed by atoms with Crippen molar-refractivity contribution in [3.8, 4) is 0 Å². The van der Waals surface area contributed by atoms with E-state index < -0.39 is 5.60 Å². The number of methoxy groups -OCH3 is 1. The van der Waals surface area contributed by atoms with Crippen LogP contribution in [-0.2, 0) is 14.3 Å². The predicted molar refractivity (Wildman–Crippen MR) is 106 cm³/mol. The van der Waals surface area contributed by atoms with Crippen LogP contribution in [0.2, 0.25) is 0 Å². The molecule has 0 aromatic heterocycles. The van der Waals surface area contributed by atoms with E-state index in [1.807, 2.05) is 52.0 Å². The van der Waals surface area contributed by atoms with Crippen LogP contribution in [-0.4, -0.2) is 42.8 Å². The molecule has 1 aromatic carbocycles. The van der Waals surface area contributed by atoms with Crippen LogP contribution in [0.5, 0.6) is 0 Å². The molecule has 0 bridgehead atoms. The molecule has 5 heteroatoms. The van der Waals surface area contributed by atoms with Crippen LogP contribution in [0.4, 0.5) is 4.79 Å². The first-order valence-electron chi connectivity index (χ1n) is 9.66. The number of hydrogen-bond acceptors (Lipinski definition) is 4. The minimum Gasteiger partial charge on any atom is -0.469 e. The number of carbonyl (C=O) groups excluding carboxylic acids is 2. The van der Waals surface area contributed by atoms with Gasteiger partial charge >= 0.3 is 12.1 Å². The van der Waals surface area contributed by atoms with Gasteiger partial charge in [-0.05, 0) is 63.5 Å². The highest BCUT2D eigenvalue weighted by Crippen LogP contribution is 2.41. The highest BCUT2D eigenvalue weighted by molar-refractivity contribution is 5.78. The molecule has 0 aliphatic carbocycles. The first kappa shape index (κ1) is 21.3. The maximum atomic E-state index is 12.5. The second-order valence-electron chi connectivity index (χ2n) is 8.91. The lowest BCUT2D eigenvalue weighted by atomic mass is 9.72. The van der Waals surface area contributed by atoms with Gasteiger partial charge in [-0.3, -0.25) is 4.79 Å². The minimum absolute atomic E-state index is 0.0281. The molecule has 0 radical (unpaired) electrons. The number of ether oxygens (including phenoxy) is 2. The van der Waals surface area contributed by atoms with Gasteiger partial charge in [-0.25, -0.2) is 4.79 Å². The SMILES string of the molecule is COC(=O)[C@H](CC1(C)CCN(C(=O)OC(C)(C)C)CC1)c1ccccc1C. The second-order valence-corrected chi connectivity index (χ2v) is 8.91. The van der Waals surface area contributed by atoms with Crippen LogP contribution in [0.3, 0.4) is 0 Å². The summed E-state index contributed by atoms with van der Waals surface area (Å²) in [5.41, 5.74) is 1.61. The fourth-order valence-corrected chi connectivity index (χ4v) is 3.69. The van der Waals surface area contributed by atoms with E-state index in [9.17, 15) is 9.59 Å². The smallest absolute Gasteiger partial charge is 0.410 e. The fraction of sp³-hybridized carbons (Fsp3) is 0.636. The quantitative estimate of drug-likeness (QED) is 0.717. The molecule has 1 atom stereocenters. The molecule has 1 fully saturated rings. The molecule has 1 heterocycles. The Kier molecular flexibility index (Phi) is 6.55. The number of hydrogen-bond donors (Lipinski definition) is 0. The zero-order valence-electron chi connectivity index (χ0n) is 17.5. The third kappa shape index (κ3) is 5.72. The molecular formula is C22H33NO4. The lowest BCUT2D eigenvalue weighted by Crippen LogP contribution is -2.45. The first-order chi connectivity index (χ1) is 12.5. The van der Waals surface area contributed by atoms with Crippen molar-refractivity contribution in [3.05, 3.63) is 35.4 Å². The summed E-state index contributed by atoms with van der Waals surface area (Å²) in [5, 5.41) is 0. The van der Waals surface area contributed by atoms with Crippen molar-refractivity contribution in [3.63, 3.8) is 0 Å². The molecule has 2 rings (SSSR count). The summed E-state index contributed by atoms with van der Waals surface area (Å²) in [7, 11) is 1.45. The van der Waals surface area contributed by atoms with Crippen LogP contribution < -0.4 is 0 Å². The molecule has 5 nitrogen and oxygen atoms in total. The Labute approximate surface area is 163 Å². The van der Waals surface area contributed by atoms with Crippen LogP contribution in [0, 0.1) is 12.3 Å². The fourth-order valence-electron chi connectivity index (χ4n) is 3.69. The van der Waals surface area contributed by atoms with Gasteiger partial charge < -0.3 is 14.4 Å². The number of esters is 1. The minimum atomic E-state index is -0.487. The van der Waals surface area contributed by atoms with Crippen molar-refractivity contribution in [2.45, 2.75) is 65.4 Å². The number of piperidine rings is 1. The number of rotatable bonds is 4. The van der Waals surface area contributed by atoms with Crippen molar-refractivity contribution >= 4 is 12.1 Å². The maximum absolute atomic E-state index is 12.5. The predicted octanol–water partition coefficient (Wildman–Crippen LogP) is 4.68. The Hall–Kier alpha value is -2.04. The highest BCUT2D eigenvalue weighted by Gasteiger charge is 2.38. The Balaban J connectivity index is 2.08. The summed E-state index contributed by atoms with van der Waals surface area (Å²) >= 11 is 0. The number of carbonyl (C=O) groups is 2. The summed E-state index contributed by atoms with van der Waals surface area (Å²) in [6.45, 7) is 11.2. The van der Waals surface area contributed by atoms with E-state index in [1.54, 1.807) is 4.90 Å². The zero-order valence-corrected chi connectivity index (χ0v) is 17.5. The van der Waals surface area contributed by atoms with Gasteiger partial charge in [-0.15, -0.1) is 0 Å². The van der Waals surface area contributed by atoms with E-state index in [2.05, 4.69) is 6.92 Å².